The fourth-order valence-electron chi connectivity index (χ4n) is 1.16. The normalized spacial score (nSPS) is 10.9. The lowest BCUT2D eigenvalue weighted by Crippen LogP contribution is -1.78. The average Bonchev–Trinajstić information content (AvgIpc) is 2.41. The van der Waals surface area contributed by atoms with Crippen molar-refractivity contribution in [3.05, 3.63) is 25.9 Å². The van der Waals surface area contributed by atoms with Crippen molar-refractivity contribution in [2.24, 2.45) is 0 Å². The summed E-state index contributed by atoms with van der Waals surface area (Å²) in [6.07, 6.45) is 0. The summed E-state index contributed by atoms with van der Waals surface area (Å²) in [6.45, 7) is 2.06. The van der Waals surface area contributed by atoms with Crippen molar-refractivity contribution in [3.8, 4) is 0 Å². The third kappa shape index (κ3) is 1.17. The molecule has 1 heterocycles. The molecular weight excluding hydrogens is 331 g/mol. The van der Waals surface area contributed by atoms with Crippen LogP contribution in [0, 0.1) is 10.6 Å². The molecule has 0 fully saturated rings. The molecule has 0 saturated carbocycles. The lowest BCUT2D eigenvalue weighted by molar-refractivity contribution is 1.09. The van der Waals surface area contributed by atoms with Crippen molar-refractivity contribution in [1.82, 2.24) is 10.2 Å². The molecule has 0 saturated heterocycles. The number of benzene rings is 1. The molecule has 0 unspecified atom stereocenters. The Morgan fingerprint density at radius 2 is 2.25 bits per heavy atom. The fraction of sp³-hybridized carbons (Fsp3) is 0.125. The minimum Gasteiger partial charge on any atom is -0.271 e. The van der Waals surface area contributed by atoms with Gasteiger partial charge < -0.3 is 0 Å². The van der Waals surface area contributed by atoms with E-state index in [4.69, 9.17) is 0 Å². The van der Waals surface area contributed by atoms with Gasteiger partial charge in [-0.05, 0) is 47.2 Å². The first-order chi connectivity index (χ1) is 5.70. The molecular formula is C8H6BrIN2. The third-order valence-corrected chi connectivity index (χ3v) is 3.55. The molecule has 12 heavy (non-hydrogen) atoms. The second-order valence-electron chi connectivity index (χ2n) is 2.61. The lowest BCUT2D eigenvalue weighted by Gasteiger charge is -1.96. The second kappa shape index (κ2) is 2.99. The lowest BCUT2D eigenvalue weighted by atomic mass is 10.2. The van der Waals surface area contributed by atoms with Crippen LogP contribution in [0.1, 0.15) is 5.56 Å². The number of aromatic amines is 1. The predicted molar refractivity (Wildman–Crippen MR) is 61.2 cm³/mol. The summed E-state index contributed by atoms with van der Waals surface area (Å²) in [4.78, 5) is 0. The number of fused-ring (bicyclic) bond motifs is 1. The molecule has 0 aliphatic heterocycles. The third-order valence-electron chi connectivity index (χ3n) is 1.87. The number of nitrogens with zero attached hydrogens (tertiary/aromatic N) is 1. The SMILES string of the molecule is Cc1c(Br)ccc2c(I)[nH]nc12. The van der Waals surface area contributed by atoms with Crippen LogP contribution in [-0.2, 0) is 0 Å². The average molecular weight is 337 g/mol. The zero-order valence-corrected chi connectivity index (χ0v) is 10.1. The molecule has 2 nitrogen and oxygen atoms in total. The Hall–Kier alpha value is -0.100. The van der Waals surface area contributed by atoms with Gasteiger partial charge in [0.2, 0.25) is 0 Å². The van der Waals surface area contributed by atoms with E-state index < -0.39 is 0 Å². The highest BCUT2D eigenvalue weighted by Crippen LogP contribution is 2.26. The number of aryl methyl sites for hydroxylation is 1. The van der Waals surface area contributed by atoms with Gasteiger partial charge in [-0.3, -0.25) is 5.10 Å². The Bertz CT molecular complexity index is 436. The molecule has 0 radical (unpaired) electrons. The van der Waals surface area contributed by atoms with E-state index in [1.165, 1.54) is 10.9 Å². The van der Waals surface area contributed by atoms with E-state index >= 15 is 0 Å². The highest BCUT2D eigenvalue weighted by Gasteiger charge is 2.06. The van der Waals surface area contributed by atoms with Crippen LogP contribution in [0.2, 0.25) is 0 Å². The molecule has 0 aliphatic rings. The quantitative estimate of drug-likeness (QED) is 0.735. The van der Waals surface area contributed by atoms with Crippen LogP contribution in [0.25, 0.3) is 10.9 Å². The fourth-order valence-corrected chi connectivity index (χ4v) is 2.04. The van der Waals surface area contributed by atoms with E-state index in [1.807, 2.05) is 0 Å². The molecule has 1 aromatic heterocycles. The van der Waals surface area contributed by atoms with Crippen molar-refractivity contribution in [2.45, 2.75) is 6.92 Å². The van der Waals surface area contributed by atoms with Gasteiger partial charge in [0.15, 0.2) is 0 Å². The van der Waals surface area contributed by atoms with E-state index in [0.29, 0.717) is 0 Å². The van der Waals surface area contributed by atoms with E-state index in [0.717, 1.165) is 13.7 Å². The molecule has 62 valence electrons. The van der Waals surface area contributed by atoms with Crippen LogP contribution >= 0.6 is 38.5 Å². The van der Waals surface area contributed by atoms with Crippen molar-refractivity contribution in [1.29, 1.82) is 0 Å². The summed E-state index contributed by atoms with van der Waals surface area (Å²) in [5.74, 6) is 0. The Balaban J connectivity index is 2.93. The van der Waals surface area contributed by atoms with Gasteiger partial charge in [0.05, 0.1) is 5.52 Å². The standard InChI is InChI=1S/C8H6BrIN2/c1-4-6(9)3-2-5-7(4)11-12-8(5)10/h2-3H,1H3,(H,11,12). The van der Waals surface area contributed by atoms with E-state index in [-0.39, 0.29) is 0 Å². The van der Waals surface area contributed by atoms with Crippen LogP contribution in [-0.4, -0.2) is 10.2 Å². The van der Waals surface area contributed by atoms with Crippen molar-refractivity contribution in [3.63, 3.8) is 0 Å². The summed E-state index contributed by atoms with van der Waals surface area (Å²) in [5, 5.41) is 8.37. The van der Waals surface area contributed by atoms with Crippen molar-refractivity contribution >= 4 is 49.4 Å². The van der Waals surface area contributed by atoms with Crippen molar-refractivity contribution in [2.75, 3.05) is 0 Å². The smallest absolute Gasteiger partial charge is 0.104 e. The molecule has 0 atom stereocenters. The van der Waals surface area contributed by atoms with Crippen LogP contribution < -0.4 is 0 Å². The Labute approximate surface area is 92.0 Å². The van der Waals surface area contributed by atoms with Gasteiger partial charge in [0, 0.05) is 9.86 Å². The summed E-state index contributed by atoms with van der Waals surface area (Å²) < 4.78 is 2.20. The number of nitrogens with one attached hydrogen (secondary N) is 1. The van der Waals surface area contributed by atoms with Crippen molar-refractivity contribution < 1.29 is 0 Å². The van der Waals surface area contributed by atoms with Gasteiger partial charge in [-0.2, -0.15) is 5.10 Å². The largest absolute Gasteiger partial charge is 0.271 e. The minimum absolute atomic E-state index is 1.05. The van der Waals surface area contributed by atoms with E-state index in [1.54, 1.807) is 0 Å². The zero-order chi connectivity index (χ0) is 8.72. The summed E-state index contributed by atoms with van der Waals surface area (Å²) >= 11 is 5.72. The predicted octanol–water partition coefficient (Wildman–Crippen LogP) is 3.24. The number of hydrogen-bond acceptors (Lipinski definition) is 1. The Morgan fingerprint density at radius 3 is 3.00 bits per heavy atom. The number of aromatic nitrogens is 2. The maximum Gasteiger partial charge on any atom is 0.104 e. The number of rotatable bonds is 0. The first-order valence-electron chi connectivity index (χ1n) is 3.49. The topological polar surface area (TPSA) is 28.7 Å². The molecule has 4 heteroatoms. The van der Waals surface area contributed by atoms with Gasteiger partial charge in [-0.25, -0.2) is 0 Å². The van der Waals surface area contributed by atoms with E-state index in [9.17, 15) is 0 Å². The molecule has 2 aromatic rings. The highest BCUT2D eigenvalue weighted by molar-refractivity contribution is 14.1. The molecule has 0 bridgehead atoms. The Kier molecular flexibility index (Phi) is 2.12. The zero-order valence-electron chi connectivity index (χ0n) is 6.36. The number of H-pyrrole nitrogens is 1. The maximum absolute atomic E-state index is 4.22. The molecule has 1 N–H and O–H groups in total. The molecule has 2 rings (SSSR count). The maximum atomic E-state index is 4.22. The number of hydrogen-bond donors (Lipinski definition) is 1. The van der Waals surface area contributed by atoms with Gasteiger partial charge in [-0.1, -0.05) is 15.9 Å². The molecule has 1 aromatic carbocycles. The van der Waals surface area contributed by atoms with Gasteiger partial charge in [0.25, 0.3) is 0 Å². The molecule has 0 amide bonds. The second-order valence-corrected chi connectivity index (χ2v) is 4.54. The summed E-state index contributed by atoms with van der Waals surface area (Å²) in [7, 11) is 0. The van der Waals surface area contributed by atoms with Gasteiger partial charge in [0.1, 0.15) is 3.70 Å². The van der Waals surface area contributed by atoms with Crippen LogP contribution in [0.3, 0.4) is 0 Å². The molecule has 0 aliphatic carbocycles. The first kappa shape index (κ1) is 8.50. The minimum atomic E-state index is 1.05. The van der Waals surface area contributed by atoms with Crippen LogP contribution in [0.5, 0.6) is 0 Å². The first-order valence-corrected chi connectivity index (χ1v) is 5.36. The monoisotopic (exact) mass is 336 g/mol. The number of halogens is 2. The molecule has 0 spiro atoms. The van der Waals surface area contributed by atoms with Gasteiger partial charge in [-0.15, -0.1) is 0 Å². The van der Waals surface area contributed by atoms with Crippen LogP contribution in [0.15, 0.2) is 16.6 Å². The summed E-state index contributed by atoms with van der Waals surface area (Å²) in [5.41, 5.74) is 2.24. The van der Waals surface area contributed by atoms with Gasteiger partial charge >= 0.3 is 0 Å². The highest BCUT2D eigenvalue weighted by atomic mass is 127. The summed E-state index contributed by atoms with van der Waals surface area (Å²) in [6, 6.07) is 4.12. The Morgan fingerprint density at radius 1 is 1.50 bits per heavy atom. The van der Waals surface area contributed by atoms with Crippen LogP contribution in [0.4, 0.5) is 0 Å². The van der Waals surface area contributed by atoms with E-state index in [2.05, 4.69) is 67.8 Å².